The number of thiophene rings is 1. The van der Waals surface area contributed by atoms with Crippen LogP contribution in [0.1, 0.15) is 48.3 Å². The topological polar surface area (TPSA) is 74.8 Å². The molecule has 0 aromatic carbocycles. The van der Waals surface area contributed by atoms with Gasteiger partial charge in [-0.15, -0.1) is 11.3 Å². The van der Waals surface area contributed by atoms with Crippen molar-refractivity contribution in [2.24, 2.45) is 5.92 Å². The van der Waals surface area contributed by atoms with Crippen LogP contribution in [0.15, 0.2) is 22.3 Å². The summed E-state index contributed by atoms with van der Waals surface area (Å²) in [6.45, 7) is 7.73. The molecule has 1 amide bonds. The van der Waals surface area contributed by atoms with Gasteiger partial charge in [0.25, 0.3) is 5.56 Å². The van der Waals surface area contributed by atoms with Crippen LogP contribution < -0.4 is 10.9 Å². The number of aromatic amines is 1. The van der Waals surface area contributed by atoms with Gasteiger partial charge in [0.1, 0.15) is 5.82 Å². The van der Waals surface area contributed by atoms with Crippen molar-refractivity contribution in [3.05, 3.63) is 49.8 Å². The number of rotatable bonds is 6. The zero-order valence-electron chi connectivity index (χ0n) is 14.0. The van der Waals surface area contributed by atoms with Gasteiger partial charge in [-0.3, -0.25) is 9.59 Å². The van der Waals surface area contributed by atoms with Gasteiger partial charge < -0.3 is 10.3 Å². The SMILES string of the molecule is Cc1nc(C)c(CCC(=O)NC(c2cccs2)C(C)C)c(=O)[nH]1. The largest absolute Gasteiger partial charge is 0.348 e. The molecule has 2 aromatic rings. The Morgan fingerprint density at radius 3 is 2.70 bits per heavy atom. The molecule has 0 saturated heterocycles. The van der Waals surface area contributed by atoms with E-state index in [0.29, 0.717) is 29.4 Å². The molecule has 0 aliphatic rings. The molecule has 0 aliphatic heterocycles. The van der Waals surface area contributed by atoms with E-state index in [-0.39, 0.29) is 23.9 Å². The summed E-state index contributed by atoms with van der Waals surface area (Å²) in [6, 6.07) is 4.04. The van der Waals surface area contributed by atoms with Crippen molar-refractivity contribution in [3.63, 3.8) is 0 Å². The van der Waals surface area contributed by atoms with Crippen LogP contribution in [0.3, 0.4) is 0 Å². The predicted molar refractivity (Wildman–Crippen MR) is 92.7 cm³/mol. The quantitative estimate of drug-likeness (QED) is 0.853. The first-order valence-corrected chi connectivity index (χ1v) is 8.65. The van der Waals surface area contributed by atoms with E-state index in [4.69, 9.17) is 0 Å². The Kier molecular flexibility index (Phi) is 5.71. The summed E-state index contributed by atoms with van der Waals surface area (Å²) < 4.78 is 0. The van der Waals surface area contributed by atoms with Crippen LogP contribution in [0.2, 0.25) is 0 Å². The van der Waals surface area contributed by atoms with Crippen molar-refractivity contribution in [3.8, 4) is 0 Å². The van der Waals surface area contributed by atoms with Crippen LogP contribution in [0, 0.1) is 19.8 Å². The smallest absolute Gasteiger partial charge is 0.254 e. The monoisotopic (exact) mass is 333 g/mol. The highest BCUT2D eigenvalue weighted by atomic mass is 32.1. The molecule has 2 heterocycles. The van der Waals surface area contributed by atoms with Crippen molar-refractivity contribution in [2.45, 2.75) is 46.6 Å². The highest BCUT2D eigenvalue weighted by Crippen LogP contribution is 2.25. The molecule has 0 bridgehead atoms. The first kappa shape index (κ1) is 17.4. The fraction of sp³-hybridized carbons (Fsp3) is 0.471. The van der Waals surface area contributed by atoms with Crippen molar-refractivity contribution in [2.75, 3.05) is 0 Å². The highest BCUT2D eigenvalue weighted by Gasteiger charge is 2.19. The van der Waals surface area contributed by atoms with Crippen molar-refractivity contribution in [1.29, 1.82) is 0 Å². The number of hydrogen-bond donors (Lipinski definition) is 2. The molecule has 5 nitrogen and oxygen atoms in total. The minimum absolute atomic E-state index is 0.0121. The first-order valence-electron chi connectivity index (χ1n) is 7.77. The number of hydrogen-bond acceptors (Lipinski definition) is 4. The summed E-state index contributed by atoms with van der Waals surface area (Å²) >= 11 is 1.64. The lowest BCUT2D eigenvalue weighted by Crippen LogP contribution is -2.32. The molecule has 2 aromatic heterocycles. The number of aryl methyl sites for hydroxylation is 2. The second-order valence-electron chi connectivity index (χ2n) is 6.02. The number of carbonyl (C=O) groups excluding carboxylic acids is 1. The van der Waals surface area contributed by atoms with Gasteiger partial charge in [0.15, 0.2) is 0 Å². The molecule has 2 rings (SSSR count). The number of carbonyl (C=O) groups is 1. The molecule has 0 spiro atoms. The Morgan fingerprint density at radius 1 is 1.39 bits per heavy atom. The minimum Gasteiger partial charge on any atom is -0.348 e. The van der Waals surface area contributed by atoms with E-state index in [1.165, 1.54) is 0 Å². The molecule has 6 heteroatoms. The second kappa shape index (κ2) is 7.55. The summed E-state index contributed by atoms with van der Waals surface area (Å²) in [6.07, 6.45) is 0.679. The molecule has 23 heavy (non-hydrogen) atoms. The van der Waals surface area contributed by atoms with Gasteiger partial charge in [-0.2, -0.15) is 0 Å². The van der Waals surface area contributed by atoms with E-state index in [0.717, 1.165) is 4.88 Å². The van der Waals surface area contributed by atoms with Crippen molar-refractivity contribution in [1.82, 2.24) is 15.3 Å². The number of H-pyrrole nitrogens is 1. The molecule has 0 saturated carbocycles. The molecule has 1 unspecified atom stereocenters. The Bertz CT molecular complexity index is 720. The normalized spacial score (nSPS) is 12.4. The van der Waals surface area contributed by atoms with E-state index >= 15 is 0 Å². The van der Waals surface area contributed by atoms with E-state index in [9.17, 15) is 9.59 Å². The van der Waals surface area contributed by atoms with Gasteiger partial charge in [-0.25, -0.2) is 4.98 Å². The van der Waals surface area contributed by atoms with Crippen LogP contribution in [0.4, 0.5) is 0 Å². The molecular weight excluding hydrogens is 310 g/mol. The third kappa shape index (κ3) is 4.51. The van der Waals surface area contributed by atoms with Gasteiger partial charge in [0, 0.05) is 22.6 Å². The molecule has 2 N–H and O–H groups in total. The lowest BCUT2D eigenvalue weighted by molar-refractivity contribution is -0.122. The second-order valence-corrected chi connectivity index (χ2v) is 7.00. The van der Waals surface area contributed by atoms with Gasteiger partial charge in [0.2, 0.25) is 5.91 Å². The van der Waals surface area contributed by atoms with Crippen LogP contribution in [0.25, 0.3) is 0 Å². The average Bonchev–Trinajstić information content (AvgIpc) is 2.97. The fourth-order valence-corrected chi connectivity index (χ4v) is 3.51. The summed E-state index contributed by atoms with van der Waals surface area (Å²) in [5.74, 6) is 0.860. The molecule has 1 atom stereocenters. The lowest BCUT2D eigenvalue weighted by atomic mass is 10.0. The minimum atomic E-state index is -0.151. The zero-order valence-corrected chi connectivity index (χ0v) is 14.8. The maximum atomic E-state index is 12.3. The Balaban J connectivity index is 2.01. The first-order chi connectivity index (χ1) is 10.9. The summed E-state index contributed by atoms with van der Waals surface area (Å²) in [4.78, 5) is 32.3. The number of amides is 1. The average molecular weight is 333 g/mol. The van der Waals surface area contributed by atoms with Gasteiger partial charge >= 0.3 is 0 Å². The number of nitrogens with one attached hydrogen (secondary N) is 2. The zero-order chi connectivity index (χ0) is 17.0. The molecule has 0 radical (unpaired) electrons. The predicted octanol–water partition coefficient (Wildman–Crippen LogP) is 2.89. The maximum Gasteiger partial charge on any atom is 0.254 e. The van der Waals surface area contributed by atoms with Crippen LogP contribution >= 0.6 is 11.3 Å². The van der Waals surface area contributed by atoms with E-state index in [2.05, 4.69) is 29.1 Å². The molecule has 124 valence electrons. The van der Waals surface area contributed by atoms with Crippen LogP contribution in [-0.2, 0) is 11.2 Å². The third-order valence-corrected chi connectivity index (χ3v) is 4.73. The fourth-order valence-electron chi connectivity index (χ4n) is 2.56. The Labute approximate surface area is 140 Å². The van der Waals surface area contributed by atoms with Crippen molar-refractivity contribution >= 4 is 17.2 Å². The standard InChI is InChI=1S/C17H23N3O2S/c1-10(2)16(14-6-5-9-23-14)20-15(21)8-7-13-11(3)18-12(4)19-17(13)22/h5-6,9-10,16H,7-8H2,1-4H3,(H,20,21)(H,18,19,22). The lowest BCUT2D eigenvalue weighted by Gasteiger charge is -2.21. The molecule has 0 fully saturated rings. The van der Waals surface area contributed by atoms with E-state index < -0.39 is 0 Å². The maximum absolute atomic E-state index is 12.3. The highest BCUT2D eigenvalue weighted by molar-refractivity contribution is 7.10. The molecular formula is C17H23N3O2S. The third-order valence-electron chi connectivity index (χ3n) is 3.78. The van der Waals surface area contributed by atoms with Crippen molar-refractivity contribution < 1.29 is 4.79 Å². The Hall–Kier alpha value is -1.95. The molecule has 0 aliphatic carbocycles. The summed E-state index contributed by atoms with van der Waals surface area (Å²) in [5, 5.41) is 5.09. The van der Waals surface area contributed by atoms with Gasteiger partial charge in [-0.05, 0) is 37.6 Å². The van der Waals surface area contributed by atoms with Gasteiger partial charge in [0.05, 0.1) is 6.04 Å². The van der Waals surface area contributed by atoms with Crippen LogP contribution in [-0.4, -0.2) is 15.9 Å². The van der Waals surface area contributed by atoms with Crippen LogP contribution in [0.5, 0.6) is 0 Å². The number of aromatic nitrogens is 2. The Morgan fingerprint density at radius 2 is 2.13 bits per heavy atom. The van der Waals surface area contributed by atoms with Gasteiger partial charge in [-0.1, -0.05) is 19.9 Å². The van der Waals surface area contributed by atoms with E-state index in [1.54, 1.807) is 25.2 Å². The van der Waals surface area contributed by atoms with E-state index in [1.807, 2.05) is 17.5 Å². The summed E-state index contributed by atoms with van der Waals surface area (Å²) in [7, 11) is 0. The number of nitrogens with zero attached hydrogens (tertiary/aromatic N) is 1. The summed E-state index contributed by atoms with van der Waals surface area (Å²) in [5.41, 5.74) is 1.13.